The number of carbonyl (C=O) groups excluding carboxylic acids is 1. The van der Waals surface area contributed by atoms with E-state index in [2.05, 4.69) is 6.92 Å². The van der Waals surface area contributed by atoms with Crippen LogP contribution in [-0.4, -0.2) is 55.9 Å². The van der Waals surface area contributed by atoms with Crippen molar-refractivity contribution in [3.05, 3.63) is 34.4 Å². The van der Waals surface area contributed by atoms with Gasteiger partial charge in [-0.2, -0.15) is 0 Å². The molecule has 1 heterocycles. The Morgan fingerprint density at radius 2 is 1.40 bits per heavy atom. The monoisotopic (exact) mass is 630 g/mol. The molecule has 8 atom stereocenters. The Bertz CT molecular complexity index is 1160. The summed E-state index contributed by atoms with van der Waals surface area (Å²) in [6, 6.07) is 3.27. The summed E-state index contributed by atoms with van der Waals surface area (Å²) in [7, 11) is 0. The quantitative estimate of drug-likeness (QED) is 0.131. The third-order valence-corrected chi connectivity index (χ3v) is 12.8. The largest absolute Gasteiger partial charge is 0.462 e. The molecule has 0 spiro atoms. The van der Waals surface area contributed by atoms with Gasteiger partial charge in [0.15, 0.2) is 0 Å². The van der Waals surface area contributed by atoms with Crippen LogP contribution in [0.15, 0.2) is 27.6 Å². The molecule has 0 saturated heterocycles. The van der Waals surface area contributed by atoms with Gasteiger partial charge in [-0.15, -0.1) is 0 Å². The standard InChI is InChI=1S/C37H58O8/c1-34-20-17-31-30(36(34,42)23-19-29(34)27-14-15-32(39)44-26-27)18-21-35(41)25-28(16-22-37(31,35)43)45-33(40)13-11-9-7-5-3-2-4-6-8-10-12-24-38/h14-15,26,28-31,38,41-43H,2-13,16-25H2,1H3/t28-,29+,30+,31-,34+,35-,36-,37-/m0/s1. The molecule has 254 valence electrons. The lowest BCUT2D eigenvalue weighted by atomic mass is 9.45. The van der Waals surface area contributed by atoms with E-state index in [1.165, 1.54) is 50.9 Å². The van der Waals surface area contributed by atoms with Gasteiger partial charge in [0, 0.05) is 30.9 Å². The van der Waals surface area contributed by atoms with Crippen molar-refractivity contribution in [3.63, 3.8) is 0 Å². The Morgan fingerprint density at radius 3 is 2.04 bits per heavy atom. The second-order valence-electron chi connectivity index (χ2n) is 15.3. The van der Waals surface area contributed by atoms with Crippen molar-refractivity contribution in [1.82, 2.24) is 0 Å². The fraction of sp³-hybridized carbons (Fsp3) is 0.838. The van der Waals surface area contributed by atoms with Crippen LogP contribution in [0, 0.1) is 17.3 Å². The van der Waals surface area contributed by atoms with Crippen molar-refractivity contribution in [2.75, 3.05) is 6.61 Å². The summed E-state index contributed by atoms with van der Waals surface area (Å²) < 4.78 is 11.0. The highest BCUT2D eigenvalue weighted by Crippen LogP contribution is 2.69. The van der Waals surface area contributed by atoms with E-state index in [0.717, 1.165) is 50.5 Å². The zero-order valence-corrected chi connectivity index (χ0v) is 27.5. The van der Waals surface area contributed by atoms with Crippen molar-refractivity contribution in [2.24, 2.45) is 17.3 Å². The SMILES string of the molecule is C[C@]12CC[C@H]3[C@@H](CC[C@]4(O)C[C@@H](OC(=O)CCCCCCCCCCCCCO)CC[C@]34O)[C@@]1(O)CC[C@@H]2c1ccc(=O)oc1. The predicted octanol–water partition coefficient (Wildman–Crippen LogP) is 6.31. The third-order valence-electron chi connectivity index (χ3n) is 12.8. The summed E-state index contributed by atoms with van der Waals surface area (Å²) in [6.45, 7) is 2.45. The van der Waals surface area contributed by atoms with E-state index in [4.69, 9.17) is 14.3 Å². The molecule has 4 fully saturated rings. The average Bonchev–Trinajstić information content (AvgIpc) is 3.29. The first-order valence-corrected chi connectivity index (χ1v) is 18.1. The van der Waals surface area contributed by atoms with Gasteiger partial charge in [0.2, 0.25) is 0 Å². The smallest absolute Gasteiger partial charge is 0.335 e. The maximum absolute atomic E-state index is 12.7. The van der Waals surface area contributed by atoms with Gasteiger partial charge < -0.3 is 29.6 Å². The summed E-state index contributed by atoms with van der Waals surface area (Å²) >= 11 is 0. The number of unbranched alkanes of at least 4 members (excludes halogenated alkanes) is 10. The second kappa shape index (κ2) is 14.6. The molecule has 1 aromatic rings. The van der Waals surface area contributed by atoms with E-state index in [9.17, 15) is 24.9 Å². The zero-order valence-electron chi connectivity index (χ0n) is 27.5. The molecule has 0 bridgehead atoms. The summed E-state index contributed by atoms with van der Waals surface area (Å²) in [5.74, 6) is -0.485. The molecule has 4 N–H and O–H groups in total. The lowest BCUT2D eigenvalue weighted by Gasteiger charge is -2.64. The number of rotatable bonds is 15. The number of esters is 1. The van der Waals surface area contributed by atoms with Crippen molar-refractivity contribution in [2.45, 2.75) is 171 Å². The minimum atomic E-state index is -1.33. The maximum Gasteiger partial charge on any atom is 0.335 e. The molecule has 5 rings (SSSR count). The third kappa shape index (κ3) is 6.95. The van der Waals surface area contributed by atoms with Gasteiger partial charge in [0.1, 0.15) is 6.10 Å². The number of ether oxygens (including phenoxy) is 1. The van der Waals surface area contributed by atoms with Gasteiger partial charge in [0.25, 0.3) is 0 Å². The molecule has 0 radical (unpaired) electrons. The fourth-order valence-electron chi connectivity index (χ4n) is 10.2. The Hall–Kier alpha value is -1.74. The van der Waals surface area contributed by atoms with Gasteiger partial charge in [-0.05, 0) is 93.6 Å². The number of aliphatic hydroxyl groups excluding tert-OH is 1. The number of hydrogen-bond donors (Lipinski definition) is 4. The average molecular weight is 631 g/mol. The molecule has 4 aliphatic rings. The highest BCUT2D eigenvalue weighted by molar-refractivity contribution is 5.69. The normalized spacial score (nSPS) is 37.4. The van der Waals surface area contributed by atoms with E-state index >= 15 is 0 Å². The van der Waals surface area contributed by atoms with Crippen LogP contribution >= 0.6 is 0 Å². The lowest BCUT2D eigenvalue weighted by Crippen LogP contribution is -2.71. The summed E-state index contributed by atoms with van der Waals surface area (Å²) in [6.07, 6.45) is 18.9. The van der Waals surface area contributed by atoms with Gasteiger partial charge in [-0.1, -0.05) is 64.7 Å². The first-order valence-electron chi connectivity index (χ1n) is 18.1. The Balaban J connectivity index is 1.07. The van der Waals surface area contributed by atoms with Crippen LogP contribution < -0.4 is 5.63 Å². The fourth-order valence-corrected chi connectivity index (χ4v) is 10.2. The number of carbonyl (C=O) groups is 1. The minimum absolute atomic E-state index is 0.0663. The molecular formula is C37H58O8. The Morgan fingerprint density at radius 1 is 0.800 bits per heavy atom. The first kappa shape index (κ1) is 34.6. The molecular weight excluding hydrogens is 572 g/mol. The van der Waals surface area contributed by atoms with Crippen LogP contribution in [0.5, 0.6) is 0 Å². The number of aliphatic hydroxyl groups is 4. The molecule has 0 amide bonds. The molecule has 4 saturated carbocycles. The van der Waals surface area contributed by atoms with Gasteiger partial charge in [-0.3, -0.25) is 4.79 Å². The van der Waals surface area contributed by atoms with E-state index in [0.29, 0.717) is 51.6 Å². The van der Waals surface area contributed by atoms with Crippen molar-refractivity contribution >= 4 is 5.97 Å². The van der Waals surface area contributed by atoms with Crippen LogP contribution in [-0.2, 0) is 9.53 Å². The van der Waals surface area contributed by atoms with Gasteiger partial charge >= 0.3 is 11.6 Å². The summed E-state index contributed by atoms with van der Waals surface area (Å²) in [5.41, 5.74) is -3.47. The van der Waals surface area contributed by atoms with Crippen molar-refractivity contribution < 1.29 is 34.4 Å². The molecule has 4 aliphatic carbocycles. The van der Waals surface area contributed by atoms with Crippen LogP contribution in [0.3, 0.4) is 0 Å². The topological polar surface area (TPSA) is 137 Å². The Kier molecular flexibility index (Phi) is 11.2. The summed E-state index contributed by atoms with van der Waals surface area (Å²) in [4.78, 5) is 24.3. The van der Waals surface area contributed by atoms with Crippen LogP contribution in [0.25, 0.3) is 0 Å². The van der Waals surface area contributed by atoms with E-state index in [1.807, 2.05) is 6.07 Å². The predicted molar refractivity (Wildman–Crippen MR) is 172 cm³/mol. The van der Waals surface area contributed by atoms with E-state index in [-0.39, 0.29) is 35.8 Å². The lowest BCUT2D eigenvalue weighted by molar-refractivity contribution is -0.288. The molecule has 1 aromatic heterocycles. The second-order valence-corrected chi connectivity index (χ2v) is 15.3. The van der Waals surface area contributed by atoms with Gasteiger partial charge in [0.05, 0.1) is 23.1 Å². The highest BCUT2D eigenvalue weighted by atomic mass is 16.5. The maximum atomic E-state index is 12.7. The molecule has 0 aromatic carbocycles. The van der Waals surface area contributed by atoms with E-state index < -0.39 is 28.3 Å². The van der Waals surface area contributed by atoms with Crippen LogP contribution in [0.1, 0.15) is 153 Å². The zero-order chi connectivity index (χ0) is 32.1. The van der Waals surface area contributed by atoms with Gasteiger partial charge in [-0.25, -0.2) is 4.79 Å². The molecule has 8 nitrogen and oxygen atoms in total. The van der Waals surface area contributed by atoms with Crippen LogP contribution in [0.2, 0.25) is 0 Å². The van der Waals surface area contributed by atoms with Crippen molar-refractivity contribution in [3.8, 4) is 0 Å². The molecule has 0 aliphatic heterocycles. The highest BCUT2D eigenvalue weighted by Gasteiger charge is 2.71. The number of fused-ring (bicyclic) bond motifs is 5. The minimum Gasteiger partial charge on any atom is -0.462 e. The van der Waals surface area contributed by atoms with E-state index in [1.54, 1.807) is 0 Å². The first-order chi connectivity index (χ1) is 21.6. The Labute approximate surface area is 269 Å². The molecule has 0 unspecified atom stereocenters. The van der Waals surface area contributed by atoms with Crippen molar-refractivity contribution in [1.29, 1.82) is 0 Å². The number of hydrogen-bond acceptors (Lipinski definition) is 8. The summed E-state index contributed by atoms with van der Waals surface area (Å²) in [5, 5.41) is 45.3. The molecule has 8 heteroatoms. The molecule has 45 heavy (non-hydrogen) atoms. The van der Waals surface area contributed by atoms with Crippen LogP contribution in [0.4, 0.5) is 0 Å².